The molecule has 0 spiro atoms. The third kappa shape index (κ3) is 1.17. The molecule has 72 valence electrons. The van der Waals surface area contributed by atoms with Crippen LogP contribution in [0.2, 0.25) is 0 Å². The van der Waals surface area contributed by atoms with Gasteiger partial charge in [0, 0.05) is 5.41 Å². The Balaban J connectivity index is 2.20. The highest BCUT2D eigenvalue weighted by atomic mass is 16.1. The van der Waals surface area contributed by atoms with Gasteiger partial charge in [-0.25, -0.2) is 0 Å². The number of carbonyl (C=O) groups excluding carboxylic acids is 1. The molecule has 0 aliphatic heterocycles. The maximum absolute atomic E-state index is 11.0. The number of hydrogen-bond acceptors (Lipinski definition) is 1. The van der Waals surface area contributed by atoms with Crippen LogP contribution in [0.15, 0.2) is 12.2 Å². The first-order chi connectivity index (χ1) is 6.13. The fourth-order valence-electron chi connectivity index (χ4n) is 3.03. The van der Waals surface area contributed by atoms with Gasteiger partial charge in [0.05, 0.1) is 0 Å². The van der Waals surface area contributed by atoms with Crippen molar-refractivity contribution in [1.29, 1.82) is 0 Å². The summed E-state index contributed by atoms with van der Waals surface area (Å²) in [5.41, 5.74) is 1.81. The highest BCUT2D eigenvalue weighted by Gasteiger charge is 2.48. The van der Waals surface area contributed by atoms with E-state index in [2.05, 4.69) is 13.5 Å². The molecular weight excluding hydrogens is 160 g/mol. The van der Waals surface area contributed by atoms with E-state index in [4.69, 9.17) is 0 Å². The largest absolute Gasteiger partial charge is 0.303 e. The van der Waals surface area contributed by atoms with Crippen LogP contribution in [0.4, 0.5) is 0 Å². The molecule has 1 heteroatoms. The molecule has 0 radical (unpaired) electrons. The van der Waals surface area contributed by atoms with Crippen molar-refractivity contribution in [3.8, 4) is 0 Å². The summed E-state index contributed by atoms with van der Waals surface area (Å²) >= 11 is 0. The number of hydrogen-bond donors (Lipinski definition) is 0. The van der Waals surface area contributed by atoms with Crippen LogP contribution >= 0.6 is 0 Å². The highest BCUT2D eigenvalue weighted by molar-refractivity contribution is 5.60. The van der Waals surface area contributed by atoms with E-state index < -0.39 is 0 Å². The van der Waals surface area contributed by atoms with E-state index in [9.17, 15) is 4.79 Å². The van der Waals surface area contributed by atoms with E-state index in [0.29, 0.717) is 5.41 Å². The van der Waals surface area contributed by atoms with E-state index in [1.165, 1.54) is 31.1 Å². The maximum atomic E-state index is 11.0. The Labute approximate surface area is 80.2 Å². The van der Waals surface area contributed by atoms with Crippen LogP contribution in [0.3, 0.4) is 0 Å². The molecule has 0 aromatic carbocycles. The first-order valence-corrected chi connectivity index (χ1v) is 5.25. The molecule has 0 aromatic rings. The Kier molecular flexibility index (Phi) is 1.86. The summed E-state index contributed by atoms with van der Waals surface area (Å²) in [5.74, 6) is 0. The van der Waals surface area contributed by atoms with Crippen molar-refractivity contribution in [3.63, 3.8) is 0 Å². The summed E-state index contributed by atoms with van der Waals surface area (Å²) in [7, 11) is 0. The second-order valence-electron chi connectivity index (χ2n) is 5.04. The van der Waals surface area contributed by atoms with Gasteiger partial charge < -0.3 is 4.79 Å². The topological polar surface area (TPSA) is 17.1 Å². The van der Waals surface area contributed by atoms with Crippen molar-refractivity contribution < 1.29 is 4.79 Å². The first-order valence-electron chi connectivity index (χ1n) is 5.25. The average Bonchev–Trinajstić information content (AvgIpc) is 2.20. The number of allylic oxidation sites excluding steroid dienone is 1. The van der Waals surface area contributed by atoms with E-state index in [-0.39, 0.29) is 5.41 Å². The zero-order valence-corrected chi connectivity index (χ0v) is 8.44. The number of rotatable bonds is 2. The van der Waals surface area contributed by atoms with Crippen molar-refractivity contribution in [2.45, 2.75) is 45.4 Å². The van der Waals surface area contributed by atoms with Crippen molar-refractivity contribution in [3.05, 3.63) is 12.2 Å². The summed E-state index contributed by atoms with van der Waals surface area (Å²) in [5, 5.41) is 0. The predicted molar refractivity (Wildman–Crippen MR) is 53.4 cm³/mol. The zero-order chi connectivity index (χ0) is 9.53. The lowest BCUT2D eigenvalue weighted by atomic mass is 9.52. The van der Waals surface area contributed by atoms with Gasteiger partial charge in [0.1, 0.15) is 6.29 Å². The molecule has 0 N–H and O–H groups in total. The Morgan fingerprint density at radius 3 is 1.92 bits per heavy atom. The van der Waals surface area contributed by atoms with Gasteiger partial charge in [-0.15, -0.1) is 0 Å². The molecule has 0 saturated heterocycles. The molecule has 0 unspecified atom stereocenters. The van der Waals surface area contributed by atoms with Crippen molar-refractivity contribution in [1.82, 2.24) is 0 Å². The first kappa shape index (κ1) is 8.98. The van der Waals surface area contributed by atoms with Crippen LogP contribution in [-0.4, -0.2) is 6.29 Å². The number of aldehydes is 1. The third-order valence-electron chi connectivity index (χ3n) is 4.46. The lowest BCUT2D eigenvalue weighted by Crippen LogP contribution is -2.42. The molecule has 3 aliphatic rings. The van der Waals surface area contributed by atoms with Crippen LogP contribution in [0.25, 0.3) is 0 Å². The van der Waals surface area contributed by atoms with Crippen LogP contribution in [0.1, 0.15) is 45.4 Å². The minimum atomic E-state index is 0.0667. The molecular formula is C12H18O. The minimum Gasteiger partial charge on any atom is -0.303 e. The molecule has 0 atom stereocenters. The van der Waals surface area contributed by atoms with Gasteiger partial charge in [-0.3, -0.25) is 0 Å². The monoisotopic (exact) mass is 178 g/mol. The molecule has 0 aromatic heterocycles. The summed E-state index contributed by atoms with van der Waals surface area (Å²) < 4.78 is 0. The van der Waals surface area contributed by atoms with Crippen molar-refractivity contribution >= 4 is 6.29 Å². The van der Waals surface area contributed by atoms with Gasteiger partial charge in [0.15, 0.2) is 0 Å². The van der Waals surface area contributed by atoms with Crippen LogP contribution < -0.4 is 0 Å². The van der Waals surface area contributed by atoms with Gasteiger partial charge in [0.2, 0.25) is 0 Å². The summed E-state index contributed by atoms with van der Waals surface area (Å²) in [6, 6.07) is 0. The molecule has 3 rings (SSSR count). The second-order valence-corrected chi connectivity index (χ2v) is 5.04. The van der Waals surface area contributed by atoms with E-state index in [0.717, 1.165) is 19.3 Å². The summed E-state index contributed by atoms with van der Waals surface area (Å²) in [6.45, 7) is 6.26. The van der Waals surface area contributed by atoms with Gasteiger partial charge >= 0.3 is 0 Å². The quantitative estimate of drug-likeness (QED) is 0.469. The molecule has 13 heavy (non-hydrogen) atoms. The molecule has 0 heterocycles. The molecule has 0 amide bonds. The second kappa shape index (κ2) is 2.70. The van der Waals surface area contributed by atoms with Crippen molar-refractivity contribution in [2.75, 3.05) is 0 Å². The SMILES string of the molecule is C=C(C)C12CCC(C=O)(CC1)CC2. The predicted octanol–water partition coefficient (Wildman–Crippen LogP) is 3.10. The molecule has 3 fully saturated rings. The standard InChI is InChI=1S/C12H18O/c1-10(2)12-6-3-11(9-13,4-7-12)5-8-12/h9H,1,3-8H2,2H3. The lowest BCUT2D eigenvalue weighted by Gasteiger charge is -2.51. The average molecular weight is 178 g/mol. The van der Waals surface area contributed by atoms with Gasteiger partial charge in [-0.1, -0.05) is 12.2 Å². The normalized spacial score (nSPS) is 43.2. The van der Waals surface area contributed by atoms with Crippen LogP contribution in [0, 0.1) is 10.8 Å². The van der Waals surface area contributed by atoms with Crippen LogP contribution in [-0.2, 0) is 4.79 Å². The maximum Gasteiger partial charge on any atom is 0.126 e. The van der Waals surface area contributed by atoms with E-state index in [1.807, 2.05) is 0 Å². The molecule has 3 saturated carbocycles. The number of carbonyl (C=O) groups is 1. The van der Waals surface area contributed by atoms with Crippen molar-refractivity contribution in [2.24, 2.45) is 10.8 Å². The minimum absolute atomic E-state index is 0.0667. The van der Waals surface area contributed by atoms with Gasteiger partial charge in [-0.05, 0) is 50.9 Å². The van der Waals surface area contributed by atoms with E-state index >= 15 is 0 Å². The number of fused-ring (bicyclic) bond motifs is 3. The summed E-state index contributed by atoms with van der Waals surface area (Å²) in [6.07, 6.45) is 8.10. The fraction of sp³-hybridized carbons (Fsp3) is 0.750. The smallest absolute Gasteiger partial charge is 0.126 e. The highest BCUT2D eigenvalue weighted by Crippen LogP contribution is 2.58. The Morgan fingerprint density at radius 1 is 1.15 bits per heavy atom. The van der Waals surface area contributed by atoms with Gasteiger partial charge in [0.25, 0.3) is 0 Å². The third-order valence-corrected chi connectivity index (χ3v) is 4.46. The molecule has 3 aliphatic carbocycles. The Hall–Kier alpha value is -0.590. The zero-order valence-electron chi connectivity index (χ0n) is 8.44. The van der Waals surface area contributed by atoms with E-state index in [1.54, 1.807) is 0 Å². The Morgan fingerprint density at radius 2 is 1.62 bits per heavy atom. The molecule has 1 nitrogen and oxygen atoms in total. The fourth-order valence-corrected chi connectivity index (χ4v) is 3.03. The Bertz CT molecular complexity index is 227. The molecule has 2 bridgehead atoms. The van der Waals surface area contributed by atoms with Gasteiger partial charge in [-0.2, -0.15) is 0 Å². The van der Waals surface area contributed by atoms with Crippen LogP contribution in [0.5, 0.6) is 0 Å². The summed E-state index contributed by atoms with van der Waals surface area (Å²) in [4.78, 5) is 11.0. The lowest BCUT2D eigenvalue weighted by molar-refractivity contribution is -0.123.